The van der Waals surface area contributed by atoms with Crippen molar-refractivity contribution in [2.45, 2.75) is 32.4 Å². The van der Waals surface area contributed by atoms with Gasteiger partial charge in [-0.1, -0.05) is 18.2 Å². The van der Waals surface area contributed by atoms with Gasteiger partial charge in [0.1, 0.15) is 17.3 Å². The summed E-state index contributed by atoms with van der Waals surface area (Å²) in [4.78, 5) is 29.8. The lowest BCUT2D eigenvalue weighted by molar-refractivity contribution is -0.140. The third-order valence-corrected chi connectivity index (χ3v) is 6.22. The molecule has 2 saturated heterocycles. The SMILES string of the molecule is CC(C)Oc1ccc(/C(O)=C2\C(=O)C(=O)N(CCCN3CCOCC3)[C@@H]2c2ccccc2F)cc1. The van der Waals surface area contributed by atoms with E-state index >= 15 is 0 Å². The molecule has 0 spiro atoms. The van der Waals surface area contributed by atoms with Crippen LogP contribution in [0.3, 0.4) is 0 Å². The highest BCUT2D eigenvalue weighted by atomic mass is 19.1. The van der Waals surface area contributed by atoms with Crippen LogP contribution in [0.4, 0.5) is 4.39 Å². The molecule has 2 heterocycles. The molecule has 2 aromatic rings. The minimum absolute atomic E-state index is 0.0155. The molecular weight excluding hydrogens is 451 g/mol. The molecule has 7 nitrogen and oxygen atoms in total. The fraction of sp³-hybridized carbons (Fsp3) is 0.407. The maximum absolute atomic E-state index is 14.9. The van der Waals surface area contributed by atoms with Gasteiger partial charge in [0, 0.05) is 37.3 Å². The maximum Gasteiger partial charge on any atom is 0.295 e. The summed E-state index contributed by atoms with van der Waals surface area (Å²) >= 11 is 0. The fourth-order valence-corrected chi connectivity index (χ4v) is 4.54. The summed E-state index contributed by atoms with van der Waals surface area (Å²) in [6.45, 7) is 7.76. The number of hydrogen-bond donors (Lipinski definition) is 1. The van der Waals surface area contributed by atoms with Crippen molar-refractivity contribution in [2.75, 3.05) is 39.4 Å². The Balaban J connectivity index is 1.66. The number of Topliss-reactive ketones (excluding diaryl/α,β-unsaturated/α-hetero) is 1. The summed E-state index contributed by atoms with van der Waals surface area (Å²) in [7, 11) is 0. The normalized spacial score (nSPS) is 20.6. The summed E-state index contributed by atoms with van der Waals surface area (Å²) in [5.41, 5.74) is 0.428. The molecule has 1 N–H and O–H groups in total. The third-order valence-electron chi connectivity index (χ3n) is 6.22. The van der Waals surface area contributed by atoms with Crippen molar-refractivity contribution in [3.63, 3.8) is 0 Å². The van der Waals surface area contributed by atoms with Gasteiger partial charge in [-0.25, -0.2) is 4.39 Å². The number of carbonyl (C=O) groups is 2. The Hall–Kier alpha value is -3.23. The van der Waals surface area contributed by atoms with Crippen LogP contribution in [0.15, 0.2) is 54.1 Å². The minimum atomic E-state index is -1.01. The second-order valence-corrected chi connectivity index (χ2v) is 9.01. The van der Waals surface area contributed by atoms with Gasteiger partial charge >= 0.3 is 0 Å². The molecule has 0 aliphatic carbocycles. The average Bonchev–Trinajstić information content (AvgIpc) is 3.09. The average molecular weight is 483 g/mol. The molecule has 0 unspecified atom stereocenters. The summed E-state index contributed by atoms with van der Waals surface area (Å²) < 4.78 is 25.9. The molecule has 2 aliphatic rings. The van der Waals surface area contributed by atoms with Crippen molar-refractivity contribution in [1.29, 1.82) is 0 Å². The number of likely N-dealkylation sites (tertiary alicyclic amines) is 1. The highest BCUT2D eigenvalue weighted by molar-refractivity contribution is 6.46. The lowest BCUT2D eigenvalue weighted by atomic mass is 9.95. The molecule has 2 aliphatic heterocycles. The largest absolute Gasteiger partial charge is 0.507 e. The first kappa shape index (κ1) is 24.9. The van der Waals surface area contributed by atoms with E-state index < -0.39 is 23.5 Å². The van der Waals surface area contributed by atoms with E-state index in [2.05, 4.69) is 4.90 Å². The number of halogens is 1. The molecule has 1 amide bonds. The summed E-state index contributed by atoms with van der Waals surface area (Å²) in [5, 5.41) is 11.1. The summed E-state index contributed by atoms with van der Waals surface area (Å²) in [5.74, 6) is -1.80. The molecule has 2 fully saturated rings. The first-order valence-corrected chi connectivity index (χ1v) is 12.0. The van der Waals surface area contributed by atoms with Gasteiger partial charge in [0.05, 0.1) is 30.9 Å². The summed E-state index contributed by atoms with van der Waals surface area (Å²) in [6.07, 6.45) is 0.595. The van der Waals surface area contributed by atoms with E-state index in [0.29, 0.717) is 30.9 Å². The molecule has 0 aromatic heterocycles. The number of amides is 1. The van der Waals surface area contributed by atoms with Crippen LogP contribution in [-0.2, 0) is 14.3 Å². The quantitative estimate of drug-likeness (QED) is 0.351. The van der Waals surface area contributed by atoms with E-state index in [1.54, 1.807) is 42.5 Å². The molecule has 0 saturated carbocycles. The Morgan fingerprint density at radius 1 is 1.09 bits per heavy atom. The standard InChI is InChI=1S/C27H31FN2O5/c1-18(2)35-20-10-8-19(9-11-20)25(31)23-24(21-6-3-4-7-22(21)28)30(27(33)26(23)32)13-5-12-29-14-16-34-17-15-29/h3-4,6-11,18,24,31H,5,12-17H2,1-2H3/b25-23+/t24-/m1/s1. The van der Waals surface area contributed by atoms with Gasteiger partial charge in [-0.05, 0) is 50.6 Å². The molecular formula is C27H31FN2O5. The number of aliphatic hydroxyl groups is 1. The zero-order valence-electron chi connectivity index (χ0n) is 20.1. The molecule has 35 heavy (non-hydrogen) atoms. The monoisotopic (exact) mass is 482 g/mol. The smallest absolute Gasteiger partial charge is 0.295 e. The molecule has 8 heteroatoms. The van der Waals surface area contributed by atoms with E-state index in [0.717, 1.165) is 19.6 Å². The van der Waals surface area contributed by atoms with Gasteiger partial charge in [0.25, 0.3) is 11.7 Å². The highest BCUT2D eigenvalue weighted by Crippen LogP contribution is 2.40. The van der Waals surface area contributed by atoms with E-state index in [-0.39, 0.29) is 29.5 Å². The Morgan fingerprint density at radius 2 is 1.77 bits per heavy atom. The molecule has 186 valence electrons. The molecule has 1 atom stereocenters. The van der Waals surface area contributed by atoms with Crippen molar-refractivity contribution < 1.29 is 28.6 Å². The van der Waals surface area contributed by atoms with Crippen LogP contribution in [-0.4, -0.2) is 72.1 Å². The van der Waals surface area contributed by atoms with E-state index in [1.807, 2.05) is 13.8 Å². The number of nitrogens with zero attached hydrogens (tertiary/aromatic N) is 2. The number of benzene rings is 2. The minimum Gasteiger partial charge on any atom is -0.507 e. The zero-order chi connectivity index (χ0) is 24.9. The third kappa shape index (κ3) is 5.55. The van der Waals surface area contributed by atoms with Crippen LogP contribution in [0, 0.1) is 5.82 Å². The first-order valence-electron chi connectivity index (χ1n) is 12.0. The highest BCUT2D eigenvalue weighted by Gasteiger charge is 2.46. The van der Waals surface area contributed by atoms with Crippen LogP contribution in [0.25, 0.3) is 5.76 Å². The van der Waals surface area contributed by atoms with Crippen molar-refractivity contribution in [1.82, 2.24) is 9.80 Å². The Kier molecular flexibility index (Phi) is 7.83. The van der Waals surface area contributed by atoms with Crippen LogP contribution in [0.1, 0.15) is 37.4 Å². The second kappa shape index (κ2) is 11.0. The van der Waals surface area contributed by atoms with Crippen molar-refractivity contribution in [3.05, 3.63) is 71.0 Å². The first-order chi connectivity index (χ1) is 16.9. The predicted molar refractivity (Wildman–Crippen MR) is 129 cm³/mol. The zero-order valence-corrected chi connectivity index (χ0v) is 20.1. The number of hydrogen-bond acceptors (Lipinski definition) is 6. The molecule has 2 aromatic carbocycles. The van der Waals surface area contributed by atoms with E-state index in [4.69, 9.17) is 9.47 Å². The van der Waals surface area contributed by atoms with Crippen molar-refractivity contribution >= 4 is 17.4 Å². The van der Waals surface area contributed by atoms with Gasteiger partial charge in [-0.15, -0.1) is 0 Å². The number of morpholine rings is 1. The Labute approximate surface area is 204 Å². The van der Waals surface area contributed by atoms with Crippen molar-refractivity contribution in [3.8, 4) is 5.75 Å². The van der Waals surface area contributed by atoms with Crippen LogP contribution >= 0.6 is 0 Å². The lowest BCUT2D eigenvalue weighted by Crippen LogP contribution is -2.39. The lowest BCUT2D eigenvalue weighted by Gasteiger charge is -2.29. The van der Waals surface area contributed by atoms with Gasteiger partial charge in [0.2, 0.25) is 0 Å². The van der Waals surface area contributed by atoms with Crippen molar-refractivity contribution in [2.24, 2.45) is 0 Å². The predicted octanol–water partition coefficient (Wildman–Crippen LogP) is 3.76. The number of ketones is 1. The maximum atomic E-state index is 14.9. The van der Waals surface area contributed by atoms with Gasteiger partial charge in [-0.2, -0.15) is 0 Å². The fourth-order valence-electron chi connectivity index (χ4n) is 4.54. The molecule has 4 rings (SSSR count). The van der Waals surface area contributed by atoms with Gasteiger partial charge in [0.15, 0.2) is 0 Å². The second-order valence-electron chi connectivity index (χ2n) is 9.01. The number of carbonyl (C=O) groups excluding carboxylic acids is 2. The topological polar surface area (TPSA) is 79.3 Å². The molecule has 0 bridgehead atoms. The van der Waals surface area contributed by atoms with E-state index in [9.17, 15) is 19.1 Å². The Morgan fingerprint density at radius 3 is 2.43 bits per heavy atom. The van der Waals surface area contributed by atoms with Gasteiger partial charge in [-0.3, -0.25) is 14.5 Å². The van der Waals surface area contributed by atoms with E-state index in [1.165, 1.54) is 11.0 Å². The summed E-state index contributed by atoms with van der Waals surface area (Å²) in [6, 6.07) is 11.7. The van der Waals surface area contributed by atoms with Gasteiger partial charge < -0.3 is 19.5 Å². The Bertz CT molecular complexity index is 1090. The number of rotatable bonds is 8. The van der Waals surface area contributed by atoms with Crippen LogP contribution in [0.5, 0.6) is 5.75 Å². The number of ether oxygens (including phenoxy) is 2. The molecule has 0 radical (unpaired) electrons. The number of aliphatic hydroxyl groups excluding tert-OH is 1. The van der Waals surface area contributed by atoms with Crippen LogP contribution in [0.2, 0.25) is 0 Å². The van der Waals surface area contributed by atoms with Crippen LogP contribution < -0.4 is 4.74 Å².